The van der Waals surface area contributed by atoms with Crippen molar-refractivity contribution in [1.82, 2.24) is 4.90 Å². The van der Waals surface area contributed by atoms with E-state index >= 15 is 0 Å². The maximum Gasteiger partial charge on any atom is 0.304 e. The molecule has 0 heterocycles. The van der Waals surface area contributed by atoms with Gasteiger partial charge in [-0.1, -0.05) is 24.3 Å². The third-order valence-corrected chi connectivity index (χ3v) is 3.38. The molecule has 1 aromatic carbocycles. The zero-order chi connectivity index (χ0) is 12.5. The number of hydrogen-bond donors (Lipinski definition) is 1. The Hall–Kier alpha value is -1.35. The molecule has 0 unspecified atom stereocenters. The Labute approximate surface area is 102 Å². The second kappa shape index (κ2) is 4.49. The molecule has 2 rings (SSSR count). The lowest BCUT2D eigenvalue weighted by molar-refractivity contribution is -0.137. The van der Waals surface area contributed by atoms with Crippen molar-refractivity contribution in [2.24, 2.45) is 0 Å². The molecule has 92 valence electrons. The van der Waals surface area contributed by atoms with Crippen molar-refractivity contribution in [2.45, 2.75) is 31.2 Å². The summed E-state index contributed by atoms with van der Waals surface area (Å²) >= 11 is 0. The Morgan fingerprint density at radius 2 is 2.12 bits per heavy atom. The van der Waals surface area contributed by atoms with Gasteiger partial charge in [0.1, 0.15) is 0 Å². The lowest BCUT2D eigenvalue weighted by Gasteiger charge is -2.16. The Morgan fingerprint density at radius 3 is 2.65 bits per heavy atom. The first-order chi connectivity index (χ1) is 8.02. The molecule has 1 aliphatic carbocycles. The molecule has 0 saturated heterocycles. The van der Waals surface area contributed by atoms with Gasteiger partial charge in [-0.25, -0.2) is 0 Å². The van der Waals surface area contributed by atoms with E-state index in [0.29, 0.717) is 0 Å². The summed E-state index contributed by atoms with van der Waals surface area (Å²) < 4.78 is 0. The number of carboxylic acids is 1. The van der Waals surface area contributed by atoms with Gasteiger partial charge in [0.05, 0.1) is 6.42 Å². The van der Waals surface area contributed by atoms with Crippen LogP contribution < -0.4 is 0 Å². The summed E-state index contributed by atoms with van der Waals surface area (Å²) in [5.41, 5.74) is 2.37. The van der Waals surface area contributed by atoms with Crippen molar-refractivity contribution < 1.29 is 9.90 Å². The minimum absolute atomic E-state index is 0.0752. The number of aliphatic carboxylic acids is 1. The van der Waals surface area contributed by atoms with E-state index in [2.05, 4.69) is 23.1 Å². The van der Waals surface area contributed by atoms with E-state index in [1.165, 1.54) is 11.1 Å². The predicted octanol–water partition coefficient (Wildman–Crippen LogP) is 2.25. The lowest BCUT2D eigenvalue weighted by atomic mass is 9.91. The SMILES string of the molecule is CN(C)Cc1cccc(C2(CC(=O)O)CC2)c1. The monoisotopic (exact) mass is 233 g/mol. The number of carboxylic acid groups (broad SMARTS) is 1. The van der Waals surface area contributed by atoms with E-state index in [4.69, 9.17) is 5.11 Å². The summed E-state index contributed by atoms with van der Waals surface area (Å²) in [6.07, 6.45) is 2.27. The molecule has 0 bridgehead atoms. The molecule has 3 heteroatoms. The zero-order valence-corrected chi connectivity index (χ0v) is 10.4. The van der Waals surface area contributed by atoms with E-state index in [-0.39, 0.29) is 11.8 Å². The molecule has 0 radical (unpaired) electrons. The number of hydrogen-bond acceptors (Lipinski definition) is 2. The second-order valence-electron chi connectivity index (χ2n) is 5.29. The second-order valence-corrected chi connectivity index (χ2v) is 5.29. The number of benzene rings is 1. The fraction of sp³-hybridized carbons (Fsp3) is 0.500. The van der Waals surface area contributed by atoms with Gasteiger partial charge >= 0.3 is 5.97 Å². The third kappa shape index (κ3) is 2.86. The van der Waals surface area contributed by atoms with Gasteiger partial charge in [0.15, 0.2) is 0 Å². The van der Waals surface area contributed by atoms with Crippen molar-refractivity contribution in [3.8, 4) is 0 Å². The third-order valence-electron chi connectivity index (χ3n) is 3.38. The maximum atomic E-state index is 10.9. The van der Waals surface area contributed by atoms with Crippen LogP contribution in [-0.2, 0) is 16.8 Å². The quantitative estimate of drug-likeness (QED) is 0.848. The fourth-order valence-electron chi connectivity index (χ4n) is 2.37. The first-order valence-corrected chi connectivity index (χ1v) is 5.98. The minimum atomic E-state index is -0.694. The van der Waals surface area contributed by atoms with Crippen LogP contribution in [-0.4, -0.2) is 30.1 Å². The number of rotatable bonds is 5. The van der Waals surface area contributed by atoms with Gasteiger partial charge in [-0.3, -0.25) is 4.79 Å². The first-order valence-electron chi connectivity index (χ1n) is 5.98. The smallest absolute Gasteiger partial charge is 0.304 e. The van der Waals surface area contributed by atoms with E-state index in [9.17, 15) is 4.79 Å². The van der Waals surface area contributed by atoms with Gasteiger partial charge in [-0.2, -0.15) is 0 Å². The summed E-state index contributed by atoms with van der Waals surface area (Å²) in [7, 11) is 4.08. The fourth-order valence-corrected chi connectivity index (χ4v) is 2.37. The number of nitrogens with zero attached hydrogens (tertiary/aromatic N) is 1. The Balaban J connectivity index is 2.18. The van der Waals surface area contributed by atoms with Crippen LogP contribution in [0.1, 0.15) is 30.4 Å². The van der Waals surface area contributed by atoms with E-state index in [1.54, 1.807) is 0 Å². The van der Waals surface area contributed by atoms with Gasteiger partial charge in [0, 0.05) is 12.0 Å². The highest BCUT2D eigenvalue weighted by Gasteiger charge is 2.45. The Morgan fingerprint density at radius 1 is 1.41 bits per heavy atom. The van der Waals surface area contributed by atoms with Crippen molar-refractivity contribution in [2.75, 3.05) is 14.1 Å². The van der Waals surface area contributed by atoms with Crippen LogP contribution in [0.25, 0.3) is 0 Å². The van der Waals surface area contributed by atoms with Crippen LogP contribution in [0.5, 0.6) is 0 Å². The van der Waals surface area contributed by atoms with E-state index in [0.717, 1.165) is 19.4 Å². The van der Waals surface area contributed by atoms with E-state index in [1.807, 2.05) is 20.2 Å². The highest BCUT2D eigenvalue weighted by atomic mass is 16.4. The molecular formula is C14H19NO2. The largest absolute Gasteiger partial charge is 0.481 e. The predicted molar refractivity (Wildman–Crippen MR) is 67.0 cm³/mol. The van der Waals surface area contributed by atoms with Crippen LogP contribution in [0.4, 0.5) is 0 Å². The lowest BCUT2D eigenvalue weighted by Crippen LogP contribution is -2.15. The molecule has 1 saturated carbocycles. The summed E-state index contributed by atoms with van der Waals surface area (Å²) in [6.45, 7) is 0.900. The maximum absolute atomic E-state index is 10.9. The van der Waals surface area contributed by atoms with E-state index < -0.39 is 5.97 Å². The van der Waals surface area contributed by atoms with Crippen LogP contribution in [0.3, 0.4) is 0 Å². The molecule has 1 aliphatic rings. The molecule has 0 aliphatic heterocycles. The standard InChI is InChI=1S/C14H19NO2/c1-15(2)10-11-4-3-5-12(8-11)14(6-7-14)9-13(16)17/h3-5,8H,6-7,9-10H2,1-2H3,(H,16,17). The summed E-state index contributed by atoms with van der Waals surface area (Å²) in [6, 6.07) is 8.36. The van der Waals surface area contributed by atoms with Gasteiger partial charge in [0.25, 0.3) is 0 Å². The van der Waals surface area contributed by atoms with Crippen LogP contribution in [0.15, 0.2) is 24.3 Å². The summed E-state index contributed by atoms with van der Waals surface area (Å²) in [5.74, 6) is -0.694. The van der Waals surface area contributed by atoms with Crippen LogP contribution in [0, 0.1) is 0 Å². The molecular weight excluding hydrogens is 214 g/mol. The molecule has 1 fully saturated rings. The Bertz CT molecular complexity index is 422. The molecule has 3 nitrogen and oxygen atoms in total. The van der Waals surface area contributed by atoms with Gasteiger partial charge in [0.2, 0.25) is 0 Å². The average Bonchev–Trinajstić information content (AvgIpc) is 2.97. The summed E-state index contributed by atoms with van der Waals surface area (Å²) in [5, 5.41) is 8.96. The molecule has 1 N–H and O–H groups in total. The Kier molecular flexibility index (Phi) is 3.20. The average molecular weight is 233 g/mol. The normalized spacial score (nSPS) is 17.1. The first kappa shape index (κ1) is 12.1. The minimum Gasteiger partial charge on any atom is -0.481 e. The van der Waals surface area contributed by atoms with Crippen molar-refractivity contribution >= 4 is 5.97 Å². The molecule has 0 aromatic heterocycles. The molecule has 17 heavy (non-hydrogen) atoms. The van der Waals surface area contributed by atoms with Gasteiger partial charge in [-0.15, -0.1) is 0 Å². The zero-order valence-electron chi connectivity index (χ0n) is 10.4. The molecule has 1 aromatic rings. The highest BCUT2D eigenvalue weighted by Crippen LogP contribution is 2.51. The van der Waals surface area contributed by atoms with Gasteiger partial charge < -0.3 is 10.0 Å². The molecule has 0 atom stereocenters. The van der Waals surface area contributed by atoms with Gasteiger partial charge in [-0.05, 0) is 38.1 Å². The van der Waals surface area contributed by atoms with Crippen molar-refractivity contribution in [3.63, 3.8) is 0 Å². The molecule has 0 spiro atoms. The topological polar surface area (TPSA) is 40.5 Å². The van der Waals surface area contributed by atoms with Crippen LogP contribution >= 0.6 is 0 Å². The number of carbonyl (C=O) groups is 1. The molecule has 0 amide bonds. The van der Waals surface area contributed by atoms with Crippen molar-refractivity contribution in [3.05, 3.63) is 35.4 Å². The highest BCUT2D eigenvalue weighted by molar-refractivity contribution is 5.70. The summed E-state index contributed by atoms with van der Waals surface area (Å²) in [4.78, 5) is 13.0. The van der Waals surface area contributed by atoms with Crippen LogP contribution in [0.2, 0.25) is 0 Å². The van der Waals surface area contributed by atoms with Crippen molar-refractivity contribution in [1.29, 1.82) is 0 Å².